The van der Waals surface area contributed by atoms with Crippen LogP contribution in [0.5, 0.6) is 5.75 Å². The average molecular weight is 516 g/mol. The van der Waals surface area contributed by atoms with E-state index < -0.39 is 5.91 Å². The van der Waals surface area contributed by atoms with E-state index in [9.17, 15) is 10.1 Å². The second-order valence-electron chi connectivity index (χ2n) is 8.17. The Morgan fingerprint density at radius 3 is 2.39 bits per heavy atom. The van der Waals surface area contributed by atoms with Gasteiger partial charge in [-0.1, -0.05) is 41.4 Å². The SMILES string of the molecule is Cc1cc(/C=C(/C#N)C(=O)Nc2ccc(Cl)cc2)c(C)n1-c1ccc(OCc2ccccc2Cl)cc1. The number of carbonyl (C=O) groups excluding carboxylic acids is 1. The van der Waals surface area contributed by atoms with E-state index in [0.717, 1.165) is 34.0 Å². The number of hydrogen-bond acceptors (Lipinski definition) is 3. The topological polar surface area (TPSA) is 67.0 Å². The average Bonchev–Trinajstić information content (AvgIpc) is 3.16. The number of halogens is 2. The van der Waals surface area contributed by atoms with Crippen LogP contribution in [-0.2, 0) is 11.4 Å². The van der Waals surface area contributed by atoms with Crippen LogP contribution in [0.2, 0.25) is 10.0 Å². The zero-order valence-corrected chi connectivity index (χ0v) is 21.3. The van der Waals surface area contributed by atoms with Crippen molar-refractivity contribution in [2.45, 2.75) is 20.5 Å². The fourth-order valence-corrected chi connectivity index (χ4v) is 4.15. The molecule has 0 unspecified atom stereocenters. The second kappa shape index (κ2) is 11.2. The number of ether oxygens (including phenoxy) is 1. The Morgan fingerprint density at radius 2 is 1.72 bits per heavy atom. The highest BCUT2D eigenvalue weighted by Crippen LogP contribution is 2.26. The van der Waals surface area contributed by atoms with Gasteiger partial charge in [-0.05, 0) is 86.2 Å². The maximum Gasteiger partial charge on any atom is 0.266 e. The lowest BCUT2D eigenvalue weighted by atomic mass is 10.1. The minimum atomic E-state index is -0.482. The van der Waals surface area contributed by atoms with Crippen LogP contribution in [0, 0.1) is 25.2 Å². The van der Waals surface area contributed by atoms with Crippen molar-refractivity contribution >= 4 is 40.9 Å². The molecule has 3 aromatic carbocycles. The Kier molecular flexibility index (Phi) is 7.80. The number of carbonyl (C=O) groups is 1. The summed E-state index contributed by atoms with van der Waals surface area (Å²) >= 11 is 12.1. The molecule has 1 aromatic heterocycles. The second-order valence-corrected chi connectivity index (χ2v) is 9.01. The van der Waals surface area contributed by atoms with Gasteiger partial charge in [-0.2, -0.15) is 5.26 Å². The zero-order valence-electron chi connectivity index (χ0n) is 19.8. The van der Waals surface area contributed by atoms with E-state index in [0.29, 0.717) is 22.3 Å². The molecule has 4 aromatic rings. The predicted molar refractivity (Wildman–Crippen MR) is 145 cm³/mol. The minimum absolute atomic E-state index is 0.00789. The summed E-state index contributed by atoms with van der Waals surface area (Å²) in [6.07, 6.45) is 1.60. The molecule has 5 nitrogen and oxygen atoms in total. The van der Waals surface area contributed by atoms with Gasteiger partial charge in [0.1, 0.15) is 24.0 Å². The third-order valence-electron chi connectivity index (χ3n) is 5.68. The van der Waals surface area contributed by atoms with E-state index in [2.05, 4.69) is 9.88 Å². The molecule has 0 aliphatic rings. The third-order valence-corrected chi connectivity index (χ3v) is 6.31. The predicted octanol–water partition coefficient (Wildman–Crippen LogP) is 7.53. The molecule has 180 valence electrons. The highest BCUT2D eigenvalue weighted by atomic mass is 35.5. The summed E-state index contributed by atoms with van der Waals surface area (Å²) in [7, 11) is 0. The van der Waals surface area contributed by atoms with Gasteiger partial charge in [-0.3, -0.25) is 4.79 Å². The number of hydrogen-bond donors (Lipinski definition) is 1. The van der Waals surface area contributed by atoms with Gasteiger partial charge in [0, 0.05) is 38.4 Å². The largest absolute Gasteiger partial charge is 0.489 e. The quantitative estimate of drug-likeness (QED) is 0.204. The first kappa shape index (κ1) is 25.1. The normalized spacial score (nSPS) is 11.1. The molecule has 0 radical (unpaired) electrons. The molecule has 0 fully saturated rings. The van der Waals surface area contributed by atoms with Gasteiger partial charge in [0.05, 0.1) is 0 Å². The van der Waals surface area contributed by atoms with Crippen LogP contribution < -0.4 is 10.1 Å². The first-order valence-corrected chi connectivity index (χ1v) is 12.0. The molecule has 0 aliphatic carbocycles. The van der Waals surface area contributed by atoms with Crippen molar-refractivity contribution in [3.05, 3.63) is 117 Å². The van der Waals surface area contributed by atoms with Crippen LogP contribution in [0.3, 0.4) is 0 Å². The number of aromatic nitrogens is 1. The molecule has 1 amide bonds. The van der Waals surface area contributed by atoms with Crippen LogP contribution in [0.15, 0.2) is 84.4 Å². The summed E-state index contributed by atoms with van der Waals surface area (Å²) in [6, 6.07) is 26.0. The van der Waals surface area contributed by atoms with Crippen molar-refractivity contribution in [1.29, 1.82) is 5.26 Å². The molecule has 0 aliphatic heterocycles. The highest BCUT2D eigenvalue weighted by molar-refractivity contribution is 6.31. The van der Waals surface area contributed by atoms with Crippen molar-refractivity contribution < 1.29 is 9.53 Å². The fraction of sp³-hybridized carbons (Fsp3) is 0.103. The zero-order chi connectivity index (χ0) is 25.7. The molecule has 0 saturated heterocycles. The van der Waals surface area contributed by atoms with Gasteiger partial charge in [0.2, 0.25) is 0 Å². The number of rotatable bonds is 7. The van der Waals surface area contributed by atoms with Gasteiger partial charge < -0.3 is 14.6 Å². The van der Waals surface area contributed by atoms with Gasteiger partial charge in [-0.25, -0.2) is 0 Å². The van der Waals surface area contributed by atoms with Crippen LogP contribution in [-0.4, -0.2) is 10.5 Å². The highest BCUT2D eigenvalue weighted by Gasteiger charge is 2.14. The molecule has 0 bridgehead atoms. The Bertz CT molecular complexity index is 1460. The number of nitriles is 1. The van der Waals surface area contributed by atoms with E-state index >= 15 is 0 Å². The smallest absolute Gasteiger partial charge is 0.266 e. The van der Waals surface area contributed by atoms with Crippen LogP contribution >= 0.6 is 23.2 Å². The van der Waals surface area contributed by atoms with Crippen molar-refractivity contribution in [3.63, 3.8) is 0 Å². The maximum absolute atomic E-state index is 12.7. The third kappa shape index (κ3) is 5.80. The Balaban J connectivity index is 1.51. The molecule has 36 heavy (non-hydrogen) atoms. The van der Waals surface area contributed by atoms with Gasteiger partial charge in [-0.15, -0.1) is 0 Å². The summed E-state index contributed by atoms with van der Waals surface area (Å²) < 4.78 is 7.95. The molecular weight excluding hydrogens is 493 g/mol. The van der Waals surface area contributed by atoms with E-state index in [-0.39, 0.29) is 5.57 Å². The van der Waals surface area contributed by atoms with E-state index in [1.54, 1.807) is 30.3 Å². The number of benzene rings is 3. The molecule has 4 rings (SSSR count). The molecule has 0 spiro atoms. The van der Waals surface area contributed by atoms with Crippen LogP contribution in [0.1, 0.15) is 22.5 Å². The van der Waals surface area contributed by atoms with Gasteiger partial charge >= 0.3 is 0 Å². The molecule has 0 saturated carbocycles. The molecular formula is C29H23Cl2N3O2. The van der Waals surface area contributed by atoms with Crippen molar-refractivity contribution in [1.82, 2.24) is 4.57 Å². The summed E-state index contributed by atoms with van der Waals surface area (Å²) in [5.41, 5.74) is 5.10. The van der Waals surface area contributed by atoms with Gasteiger partial charge in [0.25, 0.3) is 5.91 Å². The number of nitrogens with one attached hydrogen (secondary N) is 1. The maximum atomic E-state index is 12.7. The molecule has 1 heterocycles. The van der Waals surface area contributed by atoms with E-state index in [1.165, 1.54) is 0 Å². The molecule has 0 atom stereocenters. The van der Waals surface area contributed by atoms with Crippen LogP contribution in [0.4, 0.5) is 5.69 Å². The summed E-state index contributed by atoms with van der Waals surface area (Å²) in [5.74, 6) is 0.247. The van der Waals surface area contributed by atoms with E-state index in [1.807, 2.05) is 74.5 Å². The minimum Gasteiger partial charge on any atom is -0.489 e. The van der Waals surface area contributed by atoms with Crippen molar-refractivity contribution in [2.24, 2.45) is 0 Å². The summed E-state index contributed by atoms with van der Waals surface area (Å²) in [6.45, 7) is 4.31. The monoisotopic (exact) mass is 515 g/mol. The standard InChI is InChI=1S/C29H23Cl2N3O2/c1-19-15-22(16-23(17-32)29(35)33-25-9-7-24(30)8-10-25)20(2)34(19)26-11-13-27(14-12-26)36-18-21-5-3-4-6-28(21)31/h3-16H,18H2,1-2H3,(H,33,35)/b23-16-. The number of anilines is 1. The van der Waals surface area contributed by atoms with Crippen molar-refractivity contribution in [2.75, 3.05) is 5.32 Å². The Labute approximate surface area is 220 Å². The van der Waals surface area contributed by atoms with Gasteiger partial charge in [0.15, 0.2) is 0 Å². The molecule has 1 N–H and O–H groups in total. The number of nitrogens with zero attached hydrogens (tertiary/aromatic N) is 2. The summed E-state index contributed by atoms with van der Waals surface area (Å²) in [5, 5.41) is 13.6. The van der Waals surface area contributed by atoms with E-state index in [4.69, 9.17) is 27.9 Å². The summed E-state index contributed by atoms with van der Waals surface area (Å²) in [4.78, 5) is 12.7. The lowest BCUT2D eigenvalue weighted by Crippen LogP contribution is -2.13. The Morgan fingerprint density at radius 1 is 1.03 bits per heavy atom. The molecule has 7 heteroatoms. The number of amides is 1. The number of aryl methyl sites for hydroxylation is 1. The Hall–Kier alpha value is -3.98. The lowest BCUT2D eigenvalue weighted by molar-refractivity contribution is -0.112. The first-order valence-electron chi connectivity index (χ1n) is 11.2. The van der Waals surface area contributed by atoms with Crippen LogP contribution in [0.25, 0.3) is 11.8 Å². The first-order chi connectivity index (χ1) is 17.4. The lowest BCUT2D eigenvalue weighted by Gasteiger charge is -2.12. The fourth-order valence-electron chi connectivity index (χ4n) is 3.83. The van der Waals surface area contributed by atoms with Crippen molar-refractivity contribution in [3.8, 4) is 17.5 Å².